The van der Waals surface area contributed by atoms with Crippen LogP contribution >= 0.6 is 0 Å². The van der Waals surface area contributed by atoms with E-state index in [1.54, 1.807) is 0 Å². The Morgan fingerprint density at radius 3 is 2.05 bits per heavy atom. The fraction of sp³-hybridized carbons (Fsp3) is 0.733. The zero-order valence-corrected chi connectivity index (χ0v) is 32.0. The summed E-state index contributed by atoms with van der Waals surface area (Å²) in [6.45, 7) is 18.1. The van der Waals surface area contributed by atoms with E-state index in [2.05, 4.69) is 77.0 Å². The molecule has 0 N–H and O–H groups in total. The van der Waals surface area contributed by atoms with Crippen molar-refractivity contribution in [1.29, 1.82) is 0 Å². The van der Waals surface area contributed by atoms with Gasteiger partial charge in [-0.2, -0.15) is 0 Å². The van der Waals surface area contributed by atoms with Crippen molar-refractivity contribution in [3.05, 3.63) is 40.8 Å². The maximum absolute atomic E-state index is 4.84. The number of nitrogens with zero attached hydrogens (tertiary/aromatic N) is 6. The minimum Gasteiger partial charge on any atom is -1.00 e. The van der Waals surface area contributed by atoms with Crippen LogP contribution in [-0.4, -0.2) is 84.5 Å². The van der Waals surface area contributed by atoms with Gasteiger partial charge in [0.05, 0.1) is 0 Å². The second kappa shape index (κ2) is 19.3. The van der Waals surface area contributed by atoms with E-state index < -0.39 is 0 Å². The standard InChI is InChI=1S/C15H27N3.C8H10.C7H12N3.FH.2K.H2.H/c1-15(2,13-7-3-4-8-13)18-12-6-11-17-10-5-9-16-14(17)18;1-7(2)8-5-3-4-6-8;1-3-8-7-9-4-2-6-10(7)5-1;;;;;/h13H,3-12H2,1-2H3;3-6H,1-2H3;1-6H2;1H;;;1H;/q;;-1;;2*+1;;-1/i;;;;;;1+2;. The summed E-state index contributed by atoms with van der Waals surface area (Å²) in [5.41, 5.74) is 3.03. The van der Waals surface area contributed by atoms with Crippen LogP contribution in [0.2, 0.25) is 0 Å². The van der Waals surface area contributed by atoms with E-state index in [4.69, 9.17) is 4.99 Å². The maximum Gasteiger partial charge on any atom is 1.00 e. The molecule has 0 spiro atoms. The van der Waals surface area contributed by atoms with E-state index in [0.717, 1.165) is 31.5 Å². The van der Waals surface area contributed by atoms with Gasteiger partial charge in [-0.05, 0) is 104 Å². The van der Waals surface area contributed by atoms with Crippen molar-refractivity contribution in [2.75, 3.05) is 52.4 Å². The first-order chi connectivity index (χ1) is 17.5. The molecule has 0 radical (unpaired) electrons. The van der Waals surface area contributed by atoms with E-state index in [0.29, 0.717) is 5.54 Å². The molecule has 2 saturated heterocycles. The van der Waals surface area contributed by atoms with Crippen LogP contribution in [0.15, 0.2) is 45.4 Å². The number of fused-ring (bicyclic) bond motifs is 2. The van der Waals surface area contributed by atoms with Gasteiger partial charge in [-0.1, -0.05) is 42.7 Å². The van der Waals surface area contributed by atoms with Crippen molar-refractivity contribution in [3.8, 4) is 0 Å². The summed E-state index contributed by atoms with van der Waals surface area (Å²) in [6.07, 6.45) is 19.0. The summed E-state index contributed by atoms with van der Waals surface area (Å²) in [5, 5.41) is 4.33. The van der Waals surface area contributed by atoms with Gasteiger partial charge in [0.15, 0.2) is 5.96 Å². The third-order valence-corrected chi connectivity index (χ3v) is 8.42. The summed E-state index contributed by atoms with van der Waals surface area (Å²) in [4.78, 5) is 16.6. The maximum atomic E-state index is 4.84. The number of aliphatic imine (C=N–C) groups is 2. The predicted octanol–water partition coefficient (Wildman–Crippen LogP) is 0.516. The molecule has 1 saturated carbocycles. The summed E-state index contributed by atoms with van der Waals surface area (Å²) in [7, 11) is 0. The van der Waals surface area contributed by atoms with Crippen LogP contribution in [0.1, 0.15) is 81.9 Å². The summed E-state index contributed by atoms with van der Waals surface area (Å²) >= 11 is 0. The van der Waals surface area contributed by atoms with Crippen molar-refractivity contribution in [1.82, 2.24) is 14.7 Å². The van der Waals surface area contributed by atoms with Crippen molar-refractivity contribution in [2.45, 2.75) is 84.6 Å². The first-order valence-corrected chi connectivity index (χ1v) is 14.5. The molecule has 6 aliphatic rings. The molecule has 4 heterocycles. The Kier molecular flexibility index (Phi) is 18.8. The topological polar surface area (TPSA) is 48.5 Å². The third-order valence-electron chi connectivity index (χ3n) is 8.42. The number of hydrogen-bond acceptors (Lipinski definition) is 5. The molecule has 9 heteroatoms. The average molecular weight is 597 g/mol. The van der Waals surface area contributed by atoms with Gasteiger partial charge in [0, 0.05) is 39.1 Å². The molecule has 3 fully saturated rings. The van der Waals surface area contributed by atoms with Crippen LogP contribution in [-0.2, 0) is 0 Å². The molecule has 6 nitrogen and oxygen atoms in total. The molecule has 0 atom stereocenters. The molecule has 0 amide bonds. The Morgan fingerprint density at radius 2 is 1.44 bits per heavy atom. The van der Waals surface area contributed by atoms with Crippen molar-refractivity contribution in [2.24, 2.45) is 15.9 Å². The molecule has 0 aromatic rings. The van der Waals surface area contributed by atoms with Crippen LogP contribution in [0.4, 0.5) is 4.70 Å². The van der Waals surface area contributed by atoms with Gasteiger partial charge >= 0.3 is 103 Å². The number of rotatable bonds is 2. The molecular formula is C30H53FK2N6. The van der Waals surface area contributed by atoms with E-state index in [1.807, 2.05) is 0 Å². The second-order valence-corrected chi connectivity index (χ2v) is 11.6. The number of hydrogen-bond donors (Lipinski definition) is 0. The van der Waals surface area contributed by atoms with Crippen LogP contribution in [0.25, 0.3) is 5.32 Å². The smallest absolute Gasteiger partial charge is 1.00 e. The zero-order chi connectivity index (χ0) is 25.4. The van der Waals surface area contributed by atoms with Gasteiger partial charge in [-0.3, -0.25) is 9.70 Å². The van der Waals surface area contributed by atoms with Crippen molar-refractivity contribution < 1.29 is 110 Å². The fourth-order valence-electron chi connectivity index (χ4n) is 6.18. The molecule has 0 bridgehead atoms. The molecule has 0 aromatic carbocycles. The summed E-state index contributed by atoms with van der Waals surface area (Å²) in [5.74, 6) is 3.18. The SMILES string of the molecule is C1CN=C2[N-]CCCN2C1.CC(C)(C1CCCC1)N1CCCN2CCCN=C21.CC(C)=C1C=CC=C1.F.[3HH].[H-].[K+].[K+]. The Morgan fingerprint density at radius 1 is 0.846 bits per heavy atom. The van der Waals surface area contributed by atoms with Gasteiger partial charge in [0.25, 0.3) is 0 Å². The van der Waals surface area contributed by atoms with Crippen LogP contribution in [0, 0.1) is 5.92 Å². The number of guanidine groups is 2. The number of allylic oxidation sites excluding steroid dienone is 6. The molecule has 6 rings (SSSR count). The minimum absolute atomic E-state index is 0. The quantitative estimate of drug-likeness (QED) is 0.437. The average Bonchev–Trinajstić information content (AvgIpc) is 3.65. The molecule has 0 aromatic heterocycles. The third kappa shape index (κ3) is 10.9. The molecule has 4 aliphatic heterocycles. The van der Waals surface area contributed by atoms with E-state index >= 15 is 0 Å². The largest absolute Gasteiger partial charge is 1.00 e. The number of halogens is 1. The first-order valence-electron chi connectivity index (χ1n) is 14.5. The van der Waals surface area contributed by atoms with E-state index in [9.17, 15) is 0 Å². The van der Waals surface area contributed by atoms with Crippen LogP contribution < -0.4 is 103 Å². The first kappa shape index (κ1) is 38.0. The normalized spacial score (nSPS) is 21.6. The van der Waals surface area contributed by atoms with Gasteiger partial charge in [0.1, 0.15) is 0 Å². The summed E-state index contributed by atoms with van der Waals surface area (Å²) < 4.78 is 0. The molecule has 212 valence electrons. The minimum atomic E-state index is 0. The van der Waals surface area contributed by atoms with Crippen molar-refractivity contribution >= 4 is 11.9 Å². The molecular weight excluding hydrogens is 542 g/mol. The zero-order valence-electron chi connectivity index (χ0n) is 26.8. The predicted molar refractivity (Wildman–Crippen MR) is 160 cm³/mol. The van der Waals surface area contributed by atoms with Crippen LogP contribution in [0.5, 0.6) is 0 Å². The molecule has 2 aliphatic carbocycles. The van der Waals surface area contributed by atoms with E-state index in [1.165, 1.54) is 101 Å². The Bertz CT molecular complexity index is 885. The van der Waals surface area contributed by atoms with Crippen LogP contribution in [0.3, 0.4) is 0 Å². The van der Waals surface area contributed by atoms with Gasteiger partial charge < -0.3 is 26.4 Å². The summed E-state index contributed by atoms with van der Waals surface area (Å²) in [6, 6.07) is 0. The van der Waals surface area contributed by atoms with Gasteiger partial charge in [0.2, 0.25) is 0 Å². The van der Waals surface area contributed by atoms with E-state index in [-0.39, 0.29) is 110 Å². The monoisotopic (exact) mass is 596 g/mol. The van der Waals surface area contributed by atoms with Gasteiger partial charge in [-0.25, -0.2) is 0 Å². The van der Waals surface area contributed by atoms with Gasteiger partial charge in [-0.15, -0.1) is 0 Å². The molecule has 39 heavy (non-hydrogen) atoms. The fourth-order valence-corrected chi connectivity index (χ4v) is 6.18. The Labute approximate surface area is 325 Å². The Hall–Kier alpha value is 0.963. The second-order valence-electron chi connectivity index (χ2n) is 11.6. The van der Waals surface area contributed by atoms with Crippen molar-refractivity contribution in [3.63, 3.8) is 0 Å². The Balaban J connectivity index is 0. The molecule has 0 unspecified atom stereocenters.